The third-order valence-corrected chi connectivity index (χ3v) is 4.33. The zero-order valence-corrected chi connectivity index (χ0v) is 14.7. The van der Waals surface area contributed by atoms with Crippen molar-refractivity contribution in [3.05, 3.63) is 69.4 Å². The number of amides is 2. The minimum atomic E-state index is -0.452. The summed E-state index contributed by atoms with van der Waals surface area (Å²) in [4.78, 5) is 24.1. The Kier molecular flexibility index (Phi) is 4.97. The van der Waals surface area contributed by atoms with E-state index < -0.39 is 5.91 Å². The molecule has 0 fully saturated rings. The molecular weight excluding hydrogens is 363 g/mol. The first kappa shape index (κ1) is 17.3. The van der Waals surface area contributed by atoms with Gasteiger partial charge in [-0.15, -0.1) is 0 Å². The average Bonchev–Trinajstić information content (AvgIpc) is 2.95. The van der Waals surface area contributed by atoms with Gasteiger partial charge in [0.05, 0.1) is 12.7 Å². The molecule has 3 aromatic rings. The van der Waals surface area contributed by atoms with Gasteiger partial charge in [-0.3, -0.25) is 20.4 Å². The lowest BCUT2D eigenvalue weighted by Gasteiger charge is -2.07. The van der Waals surface area contributed by atoms with Gasteiger partial charge in [0.1, 0.15) is 5.58 Å². The highest BCUT2D eigenvalue weighted by Gasteiger charge is 2.13. The van der Waals surface area contributed by atoms with E-state index >= 15 is 0 Å². The molecule has 7 heteroatoms. The van der Waals surface area contributed by atoms with Crippen molar-refractivity contribution in [3.63, 3.8) is 0 Å². The van der Waals surface area contributed by atoms with Crippen molar-refractivity contribution in [2.24, 2.45) is 0 Å². The van der Waals surface area contributed by atoms with Crippen molar-refractivity contribution in [1.82, 2.24) is 10.9 Å². The van der Waals surface area contributed by atoms with Crippen molar-refractivity contribution in [1.29, 1.82) is 0 Å². The van der Waals surface area contributed by atoms with Gasteiger partial charge in [-0.2, -0.15) is 0 Å². The number of hydrazine groups is 1. The molecule has 1 heterocycles. The van der Waals surface area contributed by atoms with E-state index in [1.165, 1.54) is 12.3 Å². The molecule has 0 saturated carbocycles. The second kappa shape index (κ2) is 7.17. The van der Waals surface area contributed by atoms with E-state index in [-0.39, 0.29) is 12.3 Å². The number of hydrogen-bond donors (Lipinski definition) is 2. The van der Waals surface area contributed by atoms with Crippen LogP contribution < -0.4 is 10.9 Å². The molecule has 0 atom stereocenters. The van der Waals surface area contributed by atoms with Gasteiger partial charge < -0.3 is 4.42 Å². The van der Waals surface area contributed by atoms with Crippen molar-refractivity contribution < 1.29 is 14.0 Å². The fraction of sp³-hybridized carbons (Fsp3) is 0.111. The van der Waals surface area contributed by atoms with Crippen LogP contribution in [-0.4, -0.2) is 11.8 Å². The molecule has 0 aliphatic rings. The Balaban J connectivity index is 1.65. The van der Waals surface area contributed by atoms with Crippen molar-refractivity contribution >= 4 is 46.0 Å². The molecule has 0 unspecified atom stereocenters. The maximum Gasteiger partial charge on any atom is 0.269 e. The molecule has 0 spiro atoms. The largest absolute Gasteiger partial charge is 0.464 e. The molecule has 0 aliphatic carbocycles. The Bertz CT molecular complexity index is 966. The predicted molar refractivity (Wildman–Crippen MR) is 96.7 cm³/mol. The minimum Gasteiger partial charge on any atom is -0.464 e. The topological polar surface area (TPSA) is 71.3 Å². The van der Waals surface area contributed by atoms with Gasteiger partial charge in [-0.1, -0.05) is 29.3 Å². The zero-order chi connectivity index (χ0) is 18.0. The van der Waals surface area contributed by atoms with Crippen LogP contribution in [-0.2, 0) is 11.2 Å². The monoisotopic (exact) mass is 376 g/mol. The smallest absolute Gasteiger partial charge is 0.269 e. The van der Waals surface area contributed by atoms with Crippen LogP contribution in [0.3, 0.4) is 0 Å². The summed E-state index contributed by atoms with van der Waals surface area (Å²) in [6, 6.07) is 10.0. The molecule has 2 amide bonds. The summed E-state index contributed by atoms with van der Waals surface area (Å²) in [6.07, 6.45) is 1.56. The average molecular weight is 377 g/mol. The van der Waals surface area contributed by atoms with E-state index in [0.717, 1.165) is 10.9 Å². The van der Waals surface area contributed by atoms with E-state index in [4.69, 9.17) is 27.6 Å². The zero-order valence-electron chi connectivity index (χ0n) is 13.2. The number of halogens is 2. The highest BCUT2D eigenvalue weighted by Crippen LogP contribution is 2.27. The molecule has 0 bridgehead atoms. The second-order valence-electron chi connectivity index (χ2n) is 5.55. The molecule has 1 aromatic heterocycles. The number of aryl methyl sites for hydroxylation is 1. The third-order valence-electron chi connectivity index (χ3n) is 3.69. The second-order valence-corrected chi connectivity index (χ2v) is 6.39. The van der Waals surface area contributed by atoms with Gasteiger partial charge in [-0.05, 0) is 42.8 Å². The van der Waals surface area contributed by atoms with Gasteiger partial charge in [0.25, 0.3) is 5.91 Å². The van der Waals surface area contributed by atoms with Crippen LogP contribution >= 0.6 is 23.2 Å². The van der Waals surface area contributed by atoms with Crippen LogP contribution in [0.25, 0.3) is 11.0 Å². The fourth-order valence-electron chi connectivity index (χ4n) is 2.38. The lowest BCUT2D eigenvalue weighted by Crippen LogP contribution is -2.42. The molecule has 25 heavy (non-hydrogen) atoms. The Morgan fingerprint density at radius 1 is 1.12 bits per heavy atom. The number of carbonyl (C=O) groups excluding carboxylic acids is 2. The van der Waals surface area contributed by atoms with Crippen LogP contribution in [0.4, 0.5) is 0 Å². The predicted octanol–water partition coefficient (Wildman–Crippen LogP) is 4.05. The normalized spacial score (nSPS) is 10.7. The van der Waals surface area contributed by atoms with Crippen molar-refractivity contribution in [2.75, 3.05) is 0 Å². The number of rotatable bonds is 3. The first-order valence-electron chi connectivity index (χ1n) is 7.45. The molecule has 2 aromatic carbocycles. The van der Waals surface area contributed by atoms with Gasteiger partial charge in [0.2, 0.25) is 5.91 Å². The number of hydrogen-bond acceptors (Lipinski definition) is 3. The first-order valence-corrected chi connectivity index (χ1v) is 8.20. The molecule has 0 aliphatic heterocycles. The SMILES string of the molecule is Cc1cc2occ(CC(=O)NNC(=O)c3cccc(Cl)c3)c2cc1Cl. The minimum absolute atomic E-state index is 0.0439. The van der Waals surface area contributed by atoms with Crippen molar-refractivity contribution in [2.45, 2.75) is 13.3 Å². The Labute approximate surface area is 153 Å². The van der Waals surface area contributed by atoms with Crippen LogP contribution in [0.2, 0.25) is 10.0 Å². The van der Waals surface area contributed by atoms with E-state index in [2.05, 4.69) is 10.9 Å². The Morgan fingerprint density at radius 3 is 2.68 bits per heavy atom. The summed E-state index contributed by atoms with van der Waals surface area (Å²) in [7, 11) is 0. The molecule has 128 valence electrons. The van der Waals surface area contributed by atoms with Crippen LogP contribution in [0.1, 0.15) is 21.5 Å². The lowest BCUT2D eigenvalue weighted by molar-refractivity contribution is -0.121. The van der Waals surface area contributed by atoms with E-state index in [1.54, 1.807) is 24.3 Å². The molecule has 0 saturated heterocycles. The molecule has 2 N–H and O–H groups in total. The van der Waals surface area contributed by atoms with E-state index in [9.17, 15) is 9.59 Å². The van der Waals surface area contributed by atoms with E-state index in [1.807, 2.05) is 13.0 Å². The summed E-state index contributed by atoms with van der Waals surface area (Å²) >= 11 is 12.0. The maximum absolute atomic E-state index is 12.1. The molecule has 0 radical (unpaired) electrons. The number of fused-ring (bicyclic) bond motifs is 1. The molecular formula is C18H14Cl2N2O3. The fourth-order valence-corrected chi connectivity index (χ4v) is 2.74. The number of furan rings is 1. The summed E-state index contributed by atoms with van der Waals surface area (Å²) < 4.78 is 5.45. The van der Waals surface area contributed by atoms with Crippen LogP contribution in [0.5, 0.6) is 0 Å². The summed E-state index contributed by atoms with van der Waals surface area (Å²) in [5, 5.41) is 1.81. The first-order chi connectivity index (χ1) is 11.9. The number of benzene rings is 2. The van der Waals surface area contributed by atoms with Gasteiger partial charge in [0.15, 0.2) is 0 Å². The summed E-state index contributed by atoms with van der Waals surface area (Å²) in [5.41, 5.74) is 7.32. The van der Waals surface area contributed by atoms with Gasteiger partial charge >= 0.3 is 0 Å². The highest BCUT2D eigenvalue weighted by molar-refractivity contribution is 6.32. The lowest BCUT2D eigenvalue weighted by atomic mass is 10.1. The number of carbonyl (C=O) groups is 2. The maximum atomic E-state index is 12.1. The van der Waals surface area contributed by atoms with E-state index in [0.29, 0.717) is 26.8 Å². The third kappa shape index (κ3) is 3.95. The quantitative estimate of drug-likeness (QED) is 0.677. The van der Waals surface area contributed by atoms with Crippen molar-refractivity contribution in [3.8, 4) is 0 Å². The summed E-state index contributed by atoms with van der Waals surface area (Å²) in [6.45, 7) is 1.88. The van der Waals surface area contributed by atoms with Crippen LogP contribution in [0, 0.1) is 6.92 Å². The molecule has 5 nitrogen and oxygen atoms in total. The van der Waals surface area contributed by atoms with Crippen LogP contribution in [0.15, 0.2) is 47.1 Å². The highest BCUT2D eigenvalue weighted by atomic mass is 35.5. The van der Waals surface area contributed by atoms with Gasteiger partial charge in [-0.25, -0.2) is 0 Å². The Morgan fingerprint density at radius 2 is 1.92 bits per heavy atom. The summed E-state index contributed by atoms with van der Waals surface area (Å²) in [5.74, 6) is -0.832. The molecule has 3 rings (SSSR count). The standard InChI is InChI=1S/C18H14Cl2N2O3/c1-10-5-16-14(8-15(10)20)12(9-25-16)7-17(23)21-22-18(24)11-3-2-4-13(19)6-11/h2-6,8-9H,7H2,1H3,(H,21,23)(H,22,24). The number of nitrogens with one attached hydrogen (secondary N) is 2. The Hall–Kier alpha value is -2.50. The van der Waals surface area contributed by atoms with Gasteiger partial charge in [0, 0.05) is 26.6 Å².